The van der Waals surface area contributed by atoms with Gasteiger partial charge >= 0.3 is 12.0 Å². The zero-order valence-electron chi connectivity index (χ0n) is 14.6. The molecular formula is C19H14Cl2N4O4. The average Bonchev–Trinajstić information content (AvgIpc) is 3.00. The van der Waals surface area contributed by atoms with Crippen LogP contribution in [-0.2, 0) is 4.79 Å². The normalized spacial score (nSPS) is 11.0. The molecule has 0 radical (unpaired) electrons. The van der Waals surface area contributed by atoms with Gasteiger partial charge in [0.1, 0.15) is 5.69 Å². The van der Waals surface area contributed by atoms with Crippen LogP contribution >= 0.6 is 23.2 Å². The predicted molar refractivity (Wildman–Crippen MR) is 113 cm³/mol. The van der Waals surface area contributed by atoms with Crippen LogP contribution in [0.3, 0.4) is 0 Å². The molecule has 0 bridgehead atoms. The Labute approximate surface area is 174 Å². The number of halogens is 2. The van der Waals surface area contributed by atoms with Gasteiger partial charge < -0.3 is 26.5 Å². The van der Waals surface area contributed by atoms with Gasteiger partial charge in [-0.1, -0.05) is 23.2 Å². The van der Waals surface area contributed by atoms with E-state index in [1.54, 1.807) is 30.3 Å². The second-order valence-electron chi connectivity index (χ2n) is 5.92. The third-order valence-corrected chi connectivity index (χ3v) is 4.40. The quantitative estimate of drug-likeness (QED) is 0.383. The van der Waals surface area contributed by atoms with Crippen LogP contribution in [0.15, 0.2) is 42.5 Å². The van der Waals surface area contributed by atoms with Crippen molar-refractivity contribution >= 4 is 69.5 Å². The van der Waals surface area contributed by atoms with Gasteiger partial charge in [0.2, 0.25) is 5.91 Å². The number of fused-ring (bicyclic) bond motifs is 1. The number of amides is 3. The van der Waals surface area contributed by atoms with E-state index in [0.717, 1.165) is 0 Å². The number of hydrogen-bond donors (Lipinski definition) is 5. The van der Waals surface area contributed by atoms with Crippen molar-refractivity contribution in [2.24, 2.45) is 5.73 Å². The number of rotatable bonds is 5. The number of urea groups is 1. The fraction of sp³-hybridized carbons (Fsp3) is 0. The van der Waals surface area contributed by atoms with Crippen molar-refractivity contribution in [2.45, 2.75) is 0 Å². The second kappa shape index (κ2) is 8.26. The zero-order valence-corrected chi connectivity index (χ0v) is 16.1. The Kier molecular flexibility index (Phi) is 5.76. The van der Waals surface area contributed by atoms with Gasteiger partial charge in [-0.15, -0.1) is 0 Å². The van der Waals surface area contributed by atoms with Gasteiger partial charge in [-0.3, -0.25) is 4.79 Å². The molecule has 0 spiro atoms. The minimum Gasteiger partial charge on any atom is -0.477 e. The summed E-state index contributed by atoms with van der Waals surface area (Å²) in [7, 11) is 0. The molecule has 0 atom stereocenters. The first-order valence-corrected chi connectivity index (χ1v) is 8.90. The van der Waals surface area contributed by atoms with Gasteiger partial charge in [0.25, 0.3) is 0 Å². The molecule has 10 heteroatoms. The lowest BCUT2D eigenvalue weighted by atomic mass is 10.1. The van der Waals surface area contributed by atoms with Crippen molar-refractivity contribution in [1.29, 1.82) is 0 Å². The van der Waals surface area contributed by atoms with E-state index in [0.29, 0.717) is 27.3 Å². The van der Waals surface area contributed by atoms with Crippen molar-refractivity contribution in [3.05, 3.63) is 63.8 Å². The molecule has 2 aromatic carbocycles. The van der Waals surface area contributed by atoms with Crippen LogP contribution in [0.2, 0.25) is 10.0 Å². The minimum atomic E-state index is -1.20. The van der Waals surface area contributed by atoms with Gasteiger partial charge in [-0.25, -0.2) is 9.59 Å². The lowest BCUT2D eigenvalue weighted by molar-refractivity contribution is -0.111. The maximum atomic E-state index is 12.2. The number of H-pyrrole nitrogens is 1. The Morgan fingerprint density at radius 2 is 1.66 bits per heavy atom. The van der Waals surface area contributed by atoms with E-state index in [1.807, 2.05) is 0 Å². The Hall–Kier alpha value is -3.49. The standard InChI is InChI=1S/C19H14Cl2N4O4/c20-9-7-13(21)16-12(17(18(27)28)25-14(16)8-9)5-6-15(26)23-10-1-3-11(4-2-10)24-19(22)29/h1-8,25H,(H,23,26)(H,27,28)(H3,22,24,29). The summed E-state index contributed by atoms with van der Waals surface area (Å²) in [5.74, 6) is -1.69. The number of benzene rings is 2. The molecule has 29 heavy (non-hydrogen) atoms. The molecule has 0 aliphatic carbocycles. The number of carboxylic acid groups (broad SMARTS) is 1. The van der Waals surface area contributed by atoms with Gasteiger partial charge in [0.05, 0.1) is 5.02 Å². The molecule has 3 amide bonds. The van der Waals surface area contributed by atoms with Crippen molar-refractivity contribution < 1.29 is 19.5 Å². The number of aromatic carboxylic acids is 1. The molecular weight excluding hydrogens is 419 g/mol. The van der Waals surface area contributed by atoms with Crippen molar-refractivity contribution in [2.75, 3.05) is 10.6 Å². The van der Waals surface area contributed by atoms with Crippen LogP contribution < -0.4 is 16.4 Å². The van der Waals surface area contributed by atoms with Gasteiger partial charge in [0.15, 0.2) is 0 Å². The lowest BCUT2D eigenvalue weighted by Crippen LogP contribution is -2.19. The number of primary amides is 1. The molecule has 0 aliphatic heterocycles. The summed E-state index contributed by atoms with van der Waals surface area (Å²) in [5, 5.41) is 15.5. The number of aromatic nitrogens is 1. The number of aromatic amines is 1. The van der Waals surface area contributed by atoms with E-state index < -0.39 is 17.9 Å². The highest BCUT2D eigenvalue weighted by Gasteiger charge is 2.18. The summed E-state index contributed by atoms with van der Waals surface area (Å²) in [5.41, 5.74) is 6.56. The fourth-order valence-corrected chi connectivity index (χ4v) is 3.33. The summed E-state index contributed by atoms with van der Waals surface area (Å²) in [6.45, 7) is 0. The summed E-state index contributed by atoms with van der Waals surface area (Å²) in [6, 6.07) is 8.62. The van der Waals surface area contributed by atoms with E-state index in [1.165, 1.54) is 18.2 Å². The Bertz CT molecular complexity index is 1150. The van der Waals surface area contributed by atoms with Crippen molar-refractivity contribution in [1.82, 2.24) is 4.98 Å². The third-order valence-electron chi connectivity index (χ3n) is 3.89. The van der Waals surface area contributed by atoms with E-state index in [9.17, 15) is 19.5 Å². The molecule has 148 valence electrons. The van der Waals surface area contributed by atoms with Crippen LogP contribution in [0.25, 0.3) is 17.0 Å². The maximum Gasteiger partial charge on any atom is 0.352 e. The first-order chi connectivity index (χ1) is 13.7. The molecule has 0 aliphatic rings. The Balaban J connectivity index is 1.84. The molecule has 1 heterocycles. The highest BCUT2D eigenvalue weighted by molar-refractivity contribution is 6.39. The molecule has 0 unspecified atom stereocenters. The third kappa shape index (κ3) is 4.68. The Morgan fingerprint density at radius 1 is 1.03 bits per heavy atom. The highest BCUT2D eigenvalue weighted by atomic mass is 35.5. The summed E-state index contributed by atoms with van der Waals surface area (Å²) in [6.07, 6.45) is 2.55. The molecule has 0 saturated heterocycles. The van der Waals surface area contributed by atoms with Crippen LogP contribution in [0.4, 0.5) is 16.2 Å². The minimum absolute atomic E-state index is 0.116. The fourth-order valence-electron chi connectivity index (χ4n) is 2.73. The molecule has 8 nitrogen and oxygen atoms in total. The van der Waals surface area contributed by atoms with Crippen LogP contribution in [0, 0.1) is 0 Å². The number of carbonyl (C=O) groups excluding carboxylic acids is 2. The SMILES string of the molecule is NC(=O)Nc1ccc(NC(=O)C=Cc2c(C(=O)O)[nH]c3cc(Cl)cc(Cl)c23)cc1. The molecule has 3 rings (SSSR count). The number of anilines is 2. The molecule has 0 saturated carbocycles. The van der Waals surface area contributed by atoms with Gasteiger partial charge in [-0.05, 0) is 42.5 Å². The van der Waals surface area contributed by atoms with Crippen LogP contribution in [0.1, 0.15) is 16.1 Å². The number of carbonyl (C=O) groups is 3. The molecule has 1 aromatic heterocycles. The molecule has 6 N–H and O–H groups in total. The first kappa shape index (κ1) is 20.2. The Morgan fingerprint density at radius 3 is 2.24 bits per heavy atom. The highest BCUT2D eigenvalue weighted by Crippen LogP contribution is 2.33. The van der Waals surface area contributed by atoms with E-state index >= 15 is 0 Å². The van der Waals surface area contributed by atoms with Crippen molar-refractivity contribution in [3.63, 3.8) is 0 Å². The number of nitrogens with one attached hydrogen (secondary N) is 3. The largest absolute Gasteiger partial charge is 0.477 e. The average molecular weight is 433 g/mol. The number of nitrogens with two attached hydrogens (primary N) is 1. The molecule has 3 aromatic rings. The maximum absolute atomic E-state index is 12.2. The van der Waals surface area contributed by atoms with Crippen molar-refractivity contribution in [3.8, 4) is 0 Å². The zero-order chi connectivity index (χ0) is 21.1. The summed E-state index contributed by atoms with van der Waals surface area (Å²) < 4.78 is 0. The van der Waals surface area contributed by atoms with E-state index in [4.69, 9.17) is 28.9 Å². The number of carboxylic acids is 1. The monoisotopic (exact) mass is 432 g/mol. The lowest BCUT2D eigenvalue weighted by Gasteiger charge is -2.05. The number of hydrogen-bond acceptors (Lipinski definition) is 3. The topological polar surface area (TPSA) is 137 Å². The van der Waals surface area contributed by atoms with Crippen LogP contribution in [-0.4, -0.2) is 28.0 Å². The molecule has 0 fully saturated rings. The first-order valence-electron chi connectivity index (χ1n) is 8.14. The van der Waals surface area contributed by atoms with Crippen LogP contribution in [0.5, 0.6) is 0 Å². The van der Waals surface area contributed by atoms with Gasteiger partial charge in [-0.2, -0.15) is 0 Å². The summed E-state index contributed by atoms with van der Waals surface area (Å²) >= 11 is 12.2. The van der Waals surface area contributed by atoms with E-state index in [2.05, 4.69) is 15.6 Å². The summed E-state index contributed by atoms with van der Waals surface area (Å²) in [4.78, 5) is 37.3. The second-order valence-corrected chi connectivity index (χ2v) is 6.76. The van der Waals surface area contributed by atoms with E-state index in [-0.39, 0.29) is 16.3 Å². The van der Waals surface area contributed by atoms with Gasteiger partial charge in [0, 0.05) is 38.9 Å². The smallest absolute Gasteiger partial charge is 0.352 e. The predicted octanol–water partition coefficient (Wildman–Crippen LogP) is 4.32.